The first-order chi connectivity index (χ1) is 16.5. The van der Waals surface area contributed by atoms with Gasteiger partial charge in [0.1, 0.15) is 0 Å². The quantitative estimate of drug-likeness (QED) is 0.345. The SMILES string of the molecule is C[C@H](OCCC(C)(C)O)[C@H]1CC[C@H]2C3=CC=C4C[C@@H](O[Si](C)(C)C(C)(C)C)CC[C@]4(C)[C@H]3CC[C@]12C. The highest BCUT2D eigenvalue weighted by molar-refractivity contribution is 6.74. The second-order valence-corrected chi connectivity index (χ2v) is 20.2. The molecule has 3 saturated carbocycles. The molecule has 4 aliphatic carbocycles. The fourth-order valence-corrected chi connectivity index (χ4v) is 9.47. The molecule has 0 amide bonds. The van der Waals surface area contributed by atoms with Gasteiger partial charge in [-0.15, -0.1) is 0 Å². The Kier molecular flexibility index (Phi) is 7.66. The van der Waals surface area contributed by atoms with Crippen LogP contribution < -0.4 is 0 Å². The average molecular weight is 517 g/mol. The van der Waals surface area contributed by atoms with E-state index in [4.69, 9.17) is 9.16 Å². The Labute approximate surface area is 223 Å². The summed E-state index contributed by atoms with van der Waals surface area (Å²) < 4.78 is 13.2. The molecule has 0 aromatic rings. The molecular formula is C32H56O3Si. The molecule has 206 valence electrons. The predicted octanol–water partition coefficient (Wildman–Crippen LogP) is 8.44. The third-order valence-electron chi connectivity index (χ3n) is 11.5. The van der Waals surface area contributed by atoms with Gasteiger partial charge in [-0.25, -0.2) is 0 Å². The van der Waals surface area contributed by atoms with Crippen LogP contribution in [-0.2, 0) is 9.16 Å². The van der Waals surface area contributed by atoms with Crippen molar-refractivity contribution in [3.8, 4) is 0 Å². The minimum atomic E-state index is -1.74. The zero-order chi connectivity index (χ0) is 26.7. The minimum Gasteiger partial charge on any atom is -0.414 e. The van der Waals surface area contributed by atoms with Crippen LogP contribution in [0.2, 0.25) is 18.1 Å². The predicted molar refractivity (Wildman–Crippen MR) is 154 cm³/mol. The normalized spacial score (nSPS) is 38.0. The monoisotopic (exact) mass is 516 g/mol. The van der Waals surface area contributed by atoms with Gasteiger partial charge >= 0.3 is 0 Å². The number of hydrogen-bond acceptors (Lipinski definition) is 3. The smallest absolute Gasteiger partial charge is 0.192 e. The van der Waals surface area contributed by atoms with Crippen molar-refractivity contribution < 1.29 is 14.3 Å². The van der Waals surface area contributed by atoms with Gasteiger partial charge in [-0.3, -0.25) is 0 Å². The van der Waals surface area contributed by atoms with Crippen LogP contribution in [0.3, 0.4) is 0 Å². The van der Waals surface area contributed by atoms with Gasteiger partial charge in [0.15, 0.2) is 8.32 Å². The Bertz CT molecular complexity index is 875. The summed E-state index contributed by atoms with van der Waals surface area (Å²) in [4.78, 5) is 0. The lowest BCUT2D eigenvalue weighted by Gasteiger charge is -2.55. The Morgan fingerprint density at radius 2 is 1.69 bits per heavy atom. The lowest BCUT2D eigenvalue weighted by atomic mass is 9.50. The molecule has 0 radical (unpaired) electrons. The van der Waals surface area contributed by atoms with E-state index >= 15 is 0 Å². The summed E-state index contributed by atoms with van der Waals surface area (Å²) in [5, 5.41) is 10.4. The molecule has 0 unspecified atom stereocenters. The van der Waals surface area contributed by atoms with E-state index in [1.54, 1.807) is 11.1 Å². The van der Waals surface area contributed by atoms with Gasteiger partial charge in [0.25, 0.3) is 0 Å². The lowest BCUT2D eigenvalue weighted by molar-refractivity contribution is -0.0513. The second kappa shape index (κ2) is 9.64. The molecule has 0 heterocycles. The summed E-state index contributed by atoms with van der Waals surface area (Å²) in [6, 6.07) is 0. The third kappa shape index (κ3) is 5.23. The zero-order valence-corrected chi connectivity index (χ0v) is 26.2. The van der Waals surface area contributed by atoms with Crippen LogP contribution in [0.1, 0.15) is 107 Å². The molecule has 3 fully saturated rings. The van der Waals surface area contributed by atoms with Gasteiger partial charge in [-0.1, -0.05) is 57.9 Å². The standard InChI is InChI=1S/C32H56O3Si/c1-22(34-20-19-30(5,6)33)26-13-14-27-25-12-11-23-21-24(35-36(9,10)29(2,3)4)15-17-31(23,7)28(25)16-18-32(26,27)8/h11-12,22,24,26-28,33H,13-21H2,1-10H3/t22-,24-,26+,27-,28-,31-,32+/m0/s1. The van der Waals surface area contributed by atoms with E-state index in [1.165, 1.54) is 38.5 Å². The maximum absolute atomic E-state index is 10.1. The summed E-state index contributed by atoms with van der Waals surface area (Å²) in [5.41, 5.74) is 3.41. The van der Waals surface area contributed by atoms with E-state index in [0.717, 1.165) is 6.42 Å². The first kappa shape index (κ1) is 28.6. The molecule has 0 aromatic heterocycles. The van der Waals surface area contributed by atoms with E-state index < -0.39 is 13.9 Å². The molecule has 36 heavy (non-hydrogen) atoms. The molecule has 0 aliphatic heterocycles. The number of aliphatic hydroxyl groups is 1. The van der Waals surface area contributed by atoms with Crippen molar-refractivity contribution in [2.45, 2.75) is 143 Å². The fourth-order valence-electron chi connectivity index (χ4n) is 8.09. The highest BCUT2D eigenvalue weighted by Gasteiger charge is 2.57. The van der Waals surface area contributed by atoms with Crippen LogP contribution in [0.15, 0.2) is 23.3 Å². The molecule has 1 N–H and O–H groups in total. The van der Waals surface area contributed by atoms with Crippen LogP contribution in [-0.4, -0.2) is 37.8 Å². The van der Waals surface area contributed by atoms with Crippen LogP contribution >= 0.6 is 0 Å². The third-order valence-corrected chi connectivity index (χ3v) is 16.1. The zero-order valence-electron chi connectivity index (χ0n) is 25.2. The van der Waals surface area contributed by atoms with E-state index in [0.29, 0.717) is 47.7 Å². The van der Waals surface area contributed by atoms with Crippen LogP contribution in [0.4, 0.5) is 0 Å². The number of hydrogen-bond donors (Lipinski definition) is 1. The van der Waals surface area contributed by atoms with Crippen molar-refractivity contribution in [2.24, 2.45) is 28.6 Å². The van der Waals surface area contributed by atoms with Gasteiger partial charge in [0, 0.05) is 12.7 Å². The molecule has 4 heteroatoms. The van der Waals surface area contributed by atoms with Gasteiger partial charge in [0.05, 0.1) is 11.7 Å². The molecule has 0 bridgehead atoms. The molecule has 0 spiro atoms. The maximum Gasteiger partial charge on any atom is 0.192 e. The highest BCUT2D eigenvalue weighted by atomic mass is 28.4. The lowest BCUT2D eigenvalue weighted by Crippen LogP contribution is -2.49. The van der Waals surface area contributed by atoms with Gasteiger partial charge in [0.2, 0.25) is 0 Å². The van der Waals surface area contributed by atoms with Gasteiger partial charge in [-0.05, 0) is 119 Å². The molecule has 0 aromatic carbocycles. The van der Waals surface area contributed by atoms with Crippen molar-refractivity contribution in [1.29, 1.82) is 0 Å². The largest absolute Gasteiger partial charge is 0.414 e. The molecule has 3 nitrogen and oxygen atoms in total. The van der Waals surface area contributed by atoms with Crippen molar-refractivity contribution in [3.63, 3.8) is 0 Å². The molecular weight excluding hydrogens is 460 g/mol. The average Bonchev–Trinajstić information content (AvgIpc) is 3.09. The van der Waals surface area contributed by atoms with Gasteiger partial charge < -0.3 is 14.3 Å². The summed E-state index contributed by atoms with van der Waals surface area (Å²) >= 11 is 0. The molecule has 4 aliphatic rings. The topological polar surface area (TPSA) is 38.7 Å². The van der Waals surface area contributed by atoms with Crippen molar-refractivity contribution in [1.82, 2.24) is 0 Å². The molecule has 7 atom stereocenters. The van der Waals surface area contributed by atoms with E-state index in [9.17, 15) is 5.11 Å². The highest BCUT2D eigenvalue weighted by Crippen LogP contribution is 2.65. The first-order valence-corrected chi connectivity index (χ1v) is 17.8. The summed E-state index contributed by atoms with van der Waals surface area (Å²) in [5.74, 6) is 2.00. The summed E-state index contributed by atoms with van der Waals surface area (Å²) in [6.07, 6.45) is 15.2. The maximum atomic E-state index is 10.1. The minimum absolute atomic E-state index is 0.257. The van der Waals surface area contributed by atoms with Crippen molar-refractivity contribution in [2.75, 3.05) is 6.61 Å². The van der Waals surface area contributed by atoms with Crippen LogP contribution in [0.5, 0.6) is 0 Å². The van der Waals surface area contributed by atoms with Crippen LogP contribution in [0, 0.1) is 28.6 Å². The van der Waals surface area contributed by atoms with E-state index in [-0.39, 0.29) is 11.1 Å². The fraction of sp³-hybridized carbons (Fsp3) is 0.875. The number of fused-ring (bicyclic) bond motifs is 5. The molecule has 0 saturated heterocycles. The Morgan fingerprint density at radius 3 is 2.33 bits per heavy atom. The first-order valence-electron chi connectivity index (χ1n) is 14.9. The summed E-state index contributed by atoms with van der Waals surface area (Å²) in [6.45, 7) is 23.7. The van der Waals surface area contributed by atoms with Crippen LogP contribution in [0.25, 0.3) is 0 Å². The summed E-state index contributed by atoms with van der Waals surface area (Å²) in [7, 11) is -1.74. The second-order valence-electron chi connectivity index (χ2n) is 15.5. The van der Waals surface area contributed by atoms with E-state index in [2.05, 4.69) is 66.8 Å². The van der Waals surface area contributed by atoms with Gasteiger partial charge in [-0.2, -0.15) is 0 Å². The number of ether oxygens (including phenoxy) is 1. The van der Waals surface area contributed by atoms with Crippen molar-refractivity contribution >= 4 is 8.32 Å². The number of rotatable bonds is 7. The van der Waals surface area contributed by atoms with E-state index in [1.807, 2.05) is 13.8 Å². The Hall–Kier alpha value is -0.423. The Balaban J connectivity index is 1.48. The Morgan fingerprint density at radius 1 is 1.00 bits per heavy atom. The number of allylic oxidation sites excluding steroid dienone is 3. The molecule has 4 rings (SSSR count). The van der Waals surface area contributed by atoms with Crippen molar-refractivity contribution in [3.05, 3.63) is 23.3 Å².